The molecule has 444 valence electrons. The fraction of sp³-hybridized carbons (Fsp3) is 0.636. The molecule has 80 heavy (non-hydrogen) atoms. The van der Waals surface area contributed by atoms with Crippen LogP contribution in [-0.2, 0) is 63.8 Å². The molecule has 2 N–H and O–H groups in total. The zero-order chi connectivity index (χ0) is 59.9. The number of carbonyl (C=O) groups is 6. The van der Waals surface area contributed by atoms with Crippen molar-refractivity contribution in [3.8, 4) is 22.3 Å². The van der Waals surface area contributed by atoms with Crippen molar-refractivity contribution in [3.63, 3.8) is 0 Å². The Labute approximate surface area is 479 Å². The quantitative estimate of drug-likeness (QED) is 0.0442. The Morgan fingerprint density at radius 2 is 0.863 bits per heavy atom. The van der Waals surface area contributed by atoms with Gasteiger partial charge in [-0.2, -0.15) is 0 Å². The van der Waals surface area contributed by atoms with Crippen molar-refractivity contribution in [2.75, 3.05) is 13.2 Å². The summed E-state index contributed by atoms with van der Waals surface area (Å²) in [5.41, 5.74) is 7.54. The van der Waals surface area contributed by atoms with E-state index in [0.717, 1.165) is 51.4 Å². The first-order valence-corrected chi connectivity index (χ1v) is 29.2. The van der Waals surface area contributed by atoms with E-state index in [9.17, 15) is 28.8 Å². The predicted molar refractivity (Wildman–Crippen MR) is 315 cm³/mol. The van der Waals surface area contributed by atoms with Crippen LogP contribution in [0.1, 0.15) is 230 Å². The molecule has 4 rings (SSSR count). The molecule has 0 aromatic heterocycles. The van der Waals surface area contributed by atoms with Gasteiger partial charge in [-0.1, -0.05) is 135 Å². The zero-order valence-corrected chi connectivity index (χ0v) is 51.7. The lowest BCUT2D eigenvalue weighted by atomic mass is 9.69. The molecule has 0 bridgehead atoms. The Morgan fingerprint density at radius 1 is 0.463 bits per heavy atom. The Hall–Kier alpha value is -5.92. The molecular weight excluding hydrogens is 1010 g/mol. The van der Waals surface area contributed by atoms with Crippen molar-refractivity contribution in [2.45, 2.75) is 259 Å². The third-order valence-electron chi connectivity index (χ3n) is 13.8. The van der Waals surface area contributed by atoms with Gasteiger partial charge < -0.3 is 39.1 Å². The molecule has 0 heterocycles. The van der Waals surface area contributed by atoms with Crippen molar-refractivity contribution >= 4 is 36.1 Å². The highest BCUT2D eigenvalue weighted by Crippen LogP contribution is 2.56. The van der Waals surface area contributed by atoms with E-state index in [-0.39, 0.29) is 61.2 Å². The number of benzene rings is 3. The minimum Gasteiger partial charge on any atom is -0.466 e. The second-order valence-corrected chi connectivity index (χ2v) is 26.9. The van der Waals surface area contributed by atoms with Crippen LogP contribution in [0.2, 0.25) is 0 Å². The molecule has 3 atom stereocenters. The van der Waals surface area contributed by atoms with Crippen LogP contribution in [0.3, 0.4) is 0 Å². The largest absolute Gasteiger partial charge is 0.466 e. The number of rotatable bonds is 26. The zero-order valence-electron chi connectivity index (χ0n) is 51.7. The summed E-state index contributed by atoms with van der Waals surface area (Å²) >= 11 is 0. The van der Waals surface area contributed by atoms with Gasteiger partial charge in [-0.3, -0.25) is 9.59 Å². The highest BCUT2D eigenvalue weighted by atomic mass is 16.6. The SMILES string of the molecule is CC(C)OC(=O)N[C@@H](CCC(=O)OCCCCCCC1(CCCCCCOC(=O)CC[C@@H](NC(=O)OC(C)(C)C)C(=O)OC(C)(C)C)c2cc(-c3ccc(C(C)(C)C)cc3)ccc2-c2ccc(C(C)(C)C)cc21)C(=O)OC(C)(C)C. The summed E-state index contributed by atoms with van der Waals surface area (Å²) in [5, 5.41) is 5.12. The van der Waals surface area contributed by atoms with E-state index in [4.69, 9.17) is 28.4 Å². The molecule has 14 heteroatoms. The number of nitrogens with one attached hydrogen (secondary N) is 2. The van der Waals surface area contributed by atoms with Gasteiger partial charge in [0.1, 0.15) is 28.9 Å². The number of ether oxygens (including phenoxy) is 6. The average Bonchev–Trinajstić information content (AvgIpc) is 3.59. The van der Waals surface area contributed by atoms with Gasteiger partial charge in [-0.05, 0) is 176 Å². The lowest BCUT2D eigenvalue weighted by Crippen LogP contribution is -2.46. The van der Waals surface area contributed by atoms with Crippen molar-refractivity contribution in [1.29, 1.82) is 0 Å². The van der Waals surface area contributed by atoms with Crippen molar-refractivity contribution < 1.29 is 57.2 Å². The number of esters is 4. The Bertz CT molecular complexity index is 2550. The number of alkyl carbamates (subject to hydrolysis) is 2. The van der Waals surface area contributed by atoms with E-state index in [1.165, 1.54) is 44.5 Å². The first-order chi connectivity index (χ1) is 37.1. The van der Waals surface area contributed by atoms with Gasteiger partial charge in [0.15, 0.2) is 0 Å². The predicted octanol–water partition coefficient (Wildman–Crippen LogP) is 14.8. The third-order valence-corrected chi connectivity index (χ3v) is 13.8. The van der Waals surface area contributed by atoms with Crippen LogP contribution in [0.5, 0.6) is 0 Å². The molecule has 0 aliphatic heterocycles. The van der Waals surface area contributed by atoms with Crippen molar-refractivity contribution in [2.24, 2.45) is 0 Å². The molecule has 14 nitrogen and oxygen atoms in total. The minimum absolute atomic E-state index is 0.00395. The van der Waals surface area contributed by atoms with Crippen molar-refractivity contribution in [1.82, 2.24) is 10.6 Å². The third kappa shape index (κ3) is 21.9. The minimum atomic E-state index is -1.08. The van der Waals surface area contributed by atoms with Crippen LogP contribution in [-0.4, -0.2) is 84.3 Å². The second kappa shape index (κ2) is 28.7. The Morgan fingerprint density at radius 3 is 1.30 bits per heavy atom. The van der Waals surface area contributed by atoms with Gasteiger partial charge in [-0.25, -0.2) is 19.2 Å². The number of hydrogen-bond donors (Lipinski definition) is 2. The molecule has 0 saturated carbocycles. The van der Waals surface area contributed by atoms with Gasteiger partial charge in [-0.15, -0.1) is 0 Å². The lowest BCUT2D eigenvalue weighted by molar-refractivity contribution is -0.159. The van der Waals surface area contributed by atoms with Gasteiger partial charge in [0.2, 0.25) is 0 Å². The average molecular weight is 1110 g/mol. The Kier molecular flexibility index (Phi) is 23.9. The molecule has 3 aromatic carbocycles. The normalized spacial score (nSPS) is 15.2. The van der Waals surface area contributed by atoms with Crippen LogP contribution in [0.25, 0.3) is 22.3 Å². The molecule has 0 fully saturated rings. The molecule has 1 aliphatic carbocycles. The number of hydrogen-bond acceptors (Lipinski definition) is 12. The maximum absolute atomic E-state index is 13.0. The van der Waals surface area contributed by atoms with Crippen LogP contribution in [0.4, 0.5) is 9.59 Å². The first-order valence-electron chi connectivity index (χ1n) is 29.2. The summed E-state index contributed by atoms with van der Waals surface area (Å²) in [6.45, 7) is 33.0. The molecule has 1 aliphatic rings. The van der Waals surface area contributed by atoms with Gasteiger partial charge in [0.25, 0.3) is 0 Å². The number of fused-ring (bicyclic) bond motifs is 3. The molecule has 0 spiro atoms. The monoisotopic (exact) mass is 1110 g/mol. The molecule has 1 unspecified atom stereocenters. The van der Waals surface area contributed by atoms with Gasteiger partial charge >= 0.3 is 36.1 Å². The van der Waals surface area contributed by atoms with E-state index in [1.807, 2.05) is 0 Å². The molecule has 0 saturated heterocycles. The first kappa shape index (κ1) is 66.6. The molecule has 0 radical (unpaired) electrons. The fourth-order valence-electron chi connectivity index (χ4n) is 9.86. The summed E-state index contributed by atoms with van der Waals surface area (Å²) < 4.78 is 32.9. The van der Waals surface area contributed by atoms with Crippen LogP contribution in [0, 0.1) is 0 Å². The smallest absolute Gasteiger partial charge is 0.408 e. The summed E-state index contributed by atoms with van der Waals surface area (Å²) in [5.74, 6) is -2.20. The fourth-order valence-corrected chi connectivity index (χ4v) is 9.86. The highest BCUT2D eigenvalue weighted by Gasteiger charge is 2.43. The van der Waals surface area contributed by atoms with Crippen LogP contribution >= 0.6 is 0 Å². The van der Waals surface area contributed by atoms with Crippen molar-refractivity contribution in [3.05, 3.63) is 82.9 Å². The Balaban J connectivity index is 1.47. The van der Waals surface area contributed by atoms with E-state index < -0.39 is 65.0 Å². The van der Waals surface area contributed by atoms with E-state index in [1.54, 1.807) is 76.2 Å². The summed E-state index contributed by atoms with van der Waals surface area (Å²) in [6, 6.07) is 20.9. The molecular formula is C66H98N2O12. The van der Waals surface area contributed by atoms with E-state index in [0.29, 0.717) is 12.8 Å². The maximum Gasteiger partial charge on any atom is 0.408 e. The maximum atomic E-state index is 13.0. The number of amides is 2. The second-order valence-electron chi connectivity index (χ2n) is 26.9. The number of unbranched alkanes of at least 4 members (excludes halogenated alkanes) is 6. The molecule has 3 aromatic rings. The van der Waals surface area contributed by atoms with Gasteiger partial charge in [0.05, 0.1) is 19.3 Å². The van der Waals surface area contributed by atoms with Crippen LogP contribution < -0.4 is 10.6 Å². The highest BCUT2D eigenvalue weighted by molar-refractivity contribution is 5.85. The van der Waals surface area contributed by atoms with Gasteiger partial charge in [0, 0.05) is 18.3 Å². The molecule has 2 amide bonds. The van der Waals surface area contributed by atoms with E-state index in [2.05, 4.69) is 113 Å². The lowest BCUT2D eigenvalue weighted by Gasteiger charge is -2.34. The topological polar surface area (TPSA) is 182 Å². The summed E-state index contributed by atoms with van der Waals surface area (Å²) in [6.07, 6.45) is 6.62. The van der Waals surface area contributed by atoms with Crippen LogP contribution in [0.15, 0.2) is 60.7 Å². The van der Waals surface area contributed by atoms with E-state index >= 15 is 0 Å². The summed E-state index contributed by atoms with van der Waals surface area (Å²) in [4.78, 5) is 77.0. The standard InChI is InChI=1S/C66H98N2O12/c1-44(2)77-59(73)67-53(57(71)78-63(9,10)11)34-36-55(69)75-40-24-20-18-22-38-66(39-23-19-21-25-41-76-56(70)37-35-54(58(72)79-64(12,13)14)68-60(74)80-65(15,16)17)51-42-46(45-26-29-47(30-27-45)61(3,4)5)28-32-49(51)50-33-31-48(43-52(50)66)62(6,7)8/h26-33,42-44,53-54H,18-25,34-41H2,1-17H3,(H,67,73)(H,68,74)/t53-,54+,66?/m0/s1. The number of carbonyl (C=O) groups excluding carboxylic acids is 6. The summed E-state index contributed by atoms with van der Waals surface area (Å²) in [7, 11) is 0.